The van der Waals surface area contributed by atoms with E-state index in [0.29, 0.717) is 0 Å². The highest BCUT2D eigenvalue weighted by atomic mass is 14.9. The zero-order valence-electron chi connectivity index (χ0n) is 10.4. The van der Waals surface area contributed by atoms with Crippen molar-refractivity contribution in [1.82, 2.24) is 9.97 Å². The maximum Gasteiger partial charge on any atom is 0.106 e. The maximum atomic E-state index is 5.96. The number of imidazole rings is 1. The second-order valence-electron chi connectivity index (χ2n) is 5.10. The Kier molecular flexibility index (Phi) is 3.29. The number of rotatable bonds is 4. The molecule has 3 heteroatoms. The van der Waals surface area contributed by atoms with E-state index in [1.807, 2.05) is 38.2 Å². The van der Waals surface area contributed by atoms with Crippen LogP contribution >= 0.6 is 0 Å². The van der Waals surface area contributed by atoms with Gasteiger partial charge in [-0.1, -0.05) is 30.3 Å². The van der Waals surface area contributed by atoms with Crippen LogP contribution in [0.2, 0.25) is 0 Å². The topological polar surface area (TPSA) is 54.7 Å². The predicted octanol–water partition coefficient (Wildman–Crippen LogP) is 2.75. The molecule has 0 fully saturated rings. The molecule has 0 saturated heterocycles. The lowest BCUT2D eigenvalue weighted by Gasteiger charge is -2.16. The molecule has 0 aliphatic rings. The number of nitrogens with two attached hydrogens (primary N) is 1. The van der Waals surface area contributed by atoms with E-state index in [2.05, 4.69) is 22.1 Å². The summed E-state index contributed by atoms with van der Waals surface area (Å²) in [7, 11) is 0. The average Bonchev–Trinajstić information content (AvgIpc) is 2.75. The molecule has 0 bridgehead atoms. The Balaban J connectivity index is 2.07. The molecular formula is C14H19N3. The van der Waals surface area contributed by atoms with Gasteiger partial charge in [0.25, 0.3) is 0 Å². The lowest BCUT2D eigenvalue weighted by atomic mass is 10.0. The summed E-state index contributed by atoms with van der Waals surface area (Å²) in [6.45, 7) is 4.07. The molecule has 0 saturated carbocycles. The van der Waals surface area contributed by atoms with Crippen molar-refractivity contribution in [3.05, 3.63) is 42.4 Å². The number of H-pyrrole nitrogens is 1. The van der Waals surface area contributed by atoms with Crippen LogP contribution < -0.4 is 5.73 Å². The zero-order valence-corrected chi connectivity index (χ0v) is 10.4. The summed E-state index contributed by atoms with van der Waals surface area (Å²) in [6.07, 6.45) is 3.69. The van der Waals surface area contributed by atoms with Gasteiger partial charge in [-0.2, -0.15) is 0 Å². The number of nitrogens with one attached hydrogen (secondary N) is 1. The van der Waals surface area contributed by atoms with Crippen molar-refractivity contribution in [3.8, 4) is 11.3 Å². The lowest BCUT2D eigenvalue weighted by molar-refractivity contribution is 0.472. The van der Waals surface area contributed by atoms with Crippen molar-refractivity contribution < 1.29 is 0 Å². The molecule has 2 aromatic rings. The minimum atomic E-state index is -0.139. The molecular weight excluding hydrogens is 210 g/mol. The third kappa shape index (κ3) is 3.43. The van der Waals surface area contributed by atoms with Crippen molar-refractivity contribution >= 4 is 0 Å². The fraction of sp³-hybridized carbons (Fsp3) is 0.357. The molecule has 0 radical (unpaired) electrons. The Morgan fingerprint density at radius 3 is 2.59 bits per heavy atom. The van der Waals surface area contributed by atoms with Gasteiger partial charge in [0.15, 0.2) is 0 Å². The molecule has 90 valence electrons. The van der Waals surface area contributed by atoms with Crippen LogP contribution in [0.1, 0.15) is 26.1 Å². The second kappa shape index (κ2) is 4.72. The standard InChI is InChI=1S/C14H19N3/c1-14(2,15)9-8-13-16-10-12(17-13)11-6-4-3-5-7-11/h3-7,10H,8-9,15H2,1-2H3,(H,16,17). The van der Waals surface area contributed by atoms with Crippen LogP contribution in [0.5, 0.6) is 0 Å². The molecule has 1 aromatic heterocycles. The Hall–Kier alpha value is -1.61. The minimum Gasteiger partial charge on any atom is -0.342 e. The van der Waals surface area contributed by atoms with Gasteiger partial charge in [-0.15, -0.1) is 0 Å². The molecule has 1 heterocycles. The smallest absolute Gasteiger partial charge is 0.106 e. The fourth-order valence-electron chi connectivity index (χ4n) is 1.69. The summed E-state index contributed by atoms with van der Waals surface area (Å²) in [5.74, 6) is 1.00. The van der Waals surface area contributed by atoms with Crippen molar-refractivity contribution in [2.45, 2.75) is 32.2 Å². The van der Waals surface area contributed by atoms with Gasteiger partial charge in [0.2, 0.25) is 0 Å². The predicted molar refractivity (Wildman–Crippen MR) is 70.6 cm³/mol. The van der Waals surface area contributed by atoms with E-state index in [-0.39, 0.29) is 5.54 Å². The van der Waals surface area contributed by atoms with Crippen LogP contribution in [0.4, 0.5) is 0 Å². The third-order valence-corrected chi connectivity index (χ3v) is 2.72. The third-order valence-electron chi connectivity index (χ3n) is 2.72. The van der Waals surface area contributed by atoms with Crippen LogP contribution in [0, 0.1) is 0 Å². The zero-order chi connectivity index (χ0) is 12.3. The number of nitrogens with zero attached hydrogens (tertiary/aromatic N) is 1. The summed E-state index contributed by atoms with van der Waals surface area (Å²) in [6, 6.07) is 10.2. The summed E-state index contributed by atoms with van der Waals surface area (Å²) in [5.41, 5.74) is 8.05. The van der Waals surface area contributed by atoms with Crippen LogP contribution in [-0.4, -0.2) is 15.5 Å². The van der Waals surface area contributed by atoms with Gasteiger partial charge < -0.3 is 10.7 Å². The Morgan fingerprint density at radius 2 is 1.94 bits per heavy atom. The lowest BCUT2D eigenvalue weighted by Crippen LogP contribution is -2.32. The molecule has 0 spiro atoms. The molecule has 0 unspecified atom stereocenters. The monoisotopic (exact) mass is 229 g/mol. The van der Waals surface area contributed by atoms with Gasteiger partial charge in [-0.3, -0.25) is 0 Å². The first-order chi connectivity index (χ1) is 8.04. The largest absolute Gasteiger partial charge is 0.342 e. The number of hydrogen-bond acceptors (Lipinski definition) is 2. The Bertz CT molecular complexity index is 466. The first-order valence-corrected chi connectivity index (χ1v) is 5.93. The van der Waals surface area contributed by atoms with Crippen LogP contribution in [0.25, 0.3) is 11.3 Å². The highest BCUT2D eigenvalue weighted by molar-refractivity contribution is 5.57. The van der Waals surface area contributed by atoms with Crippen LogP contribution in [-0.2, 0) is 6.42 Å². The summed E-state index contributed by atoms with van der Waals surface area (Å²) >= 11 is 0. The Morgan fingerprint density at radius 1 is 1.24 bits per heavy atom. The van der Waals surface area contributed by atoms with E-state index >= 15 is 0 Å². The SMILES string of the molecule is CC(C)(N)CCc1ncc(-c2ccccc2)[nH]1. The number of aromatic nitrogens is 2. The molecule has 0 amide bonds. The highest BCUT2D eigenvalue weighted by Gasteiger charge is 2.12. The average molecular weight is 229 g/mol. The molecule has 0 aliphatic heterocycles. The van der Waals surface area contributed by atoms with Gasteiger partial charge in [-0.25, -0.2) is 4.98 Å². The first-order valence-electron chi connectivity index (χ1n) is 5.93. The molecule has 17 heavy (non-hydrogen) atoms. The van der Waals surface area contributed by atoms with Crippen LogP contribution in [0.3, 0.4) is 0 Å². The highest BCUT2D eigenvalue weighted by Crippen LogP contribution is 2.17. The van der Waals surface area contributed by atoms with E-state index < -0.39 is 0 Å². The van der Waals surface area contributed by atoms with Crippen LogP contribution in [0.15, 0.2) is 36.5 Å². The minimum absolute atomic E-state index is 0.139. The summed E-state index contributed by atoms with van der Waals surface area (Å²) in [4.78, 5) is 7.72. The molecule has 2 rings (SSSR count). The number of aromatic amines is 1. The van der Waals surface area contributed by atoms with E-state index in [1.165, 1.54) is 5.56 Å². The number of hydrogen-bond donors (Lipinski definition) is 2. The van der Waals surface area contributed by atoms with E-state index in [9.17, 15) is 0 Å². The number of benzene rings is 1. The van der Waals surface area contributed by atoms with Crippen molar-refractivity contribution in [3.63, 3.8) is 0 Å². The van der Waals surface area contributed by atoms with Crippen molar-refractivity contribution in [1.29, 1.82) is 0 Å². The van der Waals surface area contributed by atoms with E-state index in [4.69, 9.17) is 5.73 Å². The van der Waals surface area contributed by atoms with E-state index in [0.717, 1.165) is 24.4 Å². The molecule has 1 aromatic carbocycles. The quantitative estimate of drug-likeness (QED) is 0.847. The second-order valence-corrected chi connectivity index (χ2v) is 5.10. The Labute approximate surface area is 102 Å². The molecule has 3 N–H and O–H groups in total. The number of aryl methyl sites for hydroxylation is 1. The molecule has 0 atom stereocenters. The fourth-order valence-corrected chi connectivity index (χ4v) is 1.69. The van der Waals surface area contributed by atoms with Gasteiger partial charge in [-0.05, 0) is 25.8 Å². The molecule has 3 nitrogen and oxygen atoms in total. The normalized spacial score (nSPS) is 11.7. The van der Waals surface area contributed by atoms with Gasteiger partial charge in [0.1, 0.15) is 5.82 Å². The summed E-state index contributed by atoms with van der Waals surface area (Å²) < 4.78 is 0. The van der Waals surface area contributed by atoms with Gasteiger partial charge in [0.05, 0.1) is 11.9 Å². The first kappa shape index (κ1) is 11.9. The maximum absolute atomic E-state index is 5.96. The van der Waals surface area contributed by atoms with Crippen molar-refractivity contribution in [2.75, 3.05) is 0 Å². The van der Waals surface area contributed by atoms with Gasteiger partial charge in [0, 0.05) is 12.0 Å². The van der Waals surface area contributed by atoms with E-state index in [1.54, 1.807) is 0 Å². The van der Waals surface area contributed by atoms with Gasteiger partial charge >= 0.3 is 0 Å². The molecule has 0 aliphatic carbocycles. The van der Waals surface area contributed by atoms with Crippen molar-refractivity contribution in [2.24, 2.45) is 5.73 Å². The summed E-state index contributed by atoms with van der Waals surface area (Å²) in [5, 5.41) is 0.